The number of nitrogens with zero attached hydrogens (tertiary/aromatic N) is 2. The molecule has 0 saturated heterocycles. The van der Waals surface area contributed by atoms with Crippen molar-refractivity contribution in [2.45, 2.75) is 6.92 Å². The fraction of sp³-hybridized carbons (Fsp3) is 0.0833. The Labute approximate surface area is 113 Å². The molecule has 1 aromatic carbocycles. The molecule has 0 aliphatic carbocycles. The summed E-state index contributed by atoms with van der Waals surface area (Å²) in [4.78, 5) is 18.8. The van der Waals surface area contributed by atoms with Crippen LogP contribution in [0.3, 0.4) is 0 Å². The molecule has 0 bridgehead atoms. The third kappa shape index (κ3) is 2.97. The van der Waals surface area contributed by atoms with E-state index in [9.17, 15) is 9.18 Å². The van der Waals surface area contributed by atoms with E-state index in [1.54, 1.807) is 13.0 Å². The van der Waals surface area contributed by atoms with Crippen molar-refractivity contribution < 1.29 is 14.3 Å². The highest BCUT2D eigenvalue weighted by Gasteiger charge is 2.15. The molecule has 5 nitrogen and oxygen atoms in total. The number of anilines is 2. The largest absolute Gasteiger partial charge is 0.476 e. The summed E-state index contributed by atoms with van der Waals surface area (Å²) in [5.74, 6) is -1.63. The van der Waals surface area contributed by atoms with Gasteiger partial charge in [0.1, 0.15) is 5.82 Å². The van der Waals surface area contributed by atoms with Gasteiger partial charge in [-0.15, -0.1) is 0 Å². The molecule has 19 heavy (non-hydrogen) atoms. The van der Waals surface area contributed by atoms with E-state index in [2.05, 4.69) is 15.3 Å². The predicted molar refractivity (Wildman–Crippen MR) is 68.4 cm³/mol. The number of halogens is 2. The van der Waals surface area contributed by atoms with Crippen molar-refractivity contribution in [2.24, 2.45) is 0 Å². The fourth-order valence-electron chi connectivity index (χ4n) is 1.45. The number of hydrogen-bond donors (Lipinski definition) is 2. The Morgan fingerprint density at radius 1 is 1.42 bits per heavy atom. The van der Waals surface area contributed by atoms with Crippen molar-refractivity contribution >= 4 is 29.2 Å². The van der Waals surface area contributed by atoms with E-state index in [0.29, 0.717) is 11.4 Å². The van der Waals surface area contributed by atoms with Crippen molar-refractivity contribution in [1.29, 1.82) is 0 Å². The molecule has 0 saturated carbocycles. The Morgan fingerprint density at radius 3 is 2.79 bits per heavy atom. The zero-order chi connectivity index (χ0) is 14.0. The normalized spacial score (nSPS) is 10.3. The van der Waals surface area contributed by atoms with Gasteiger partial charge in [-0.25, -0.2) is 19.2 Å². The predicted octanol–water partition coefficient (Wildman–Crippen LogP) is 3.02. The summed E-state index contributed by atoms with van der Waals surface area (Å²) in [6, 6.07) is 5.66. The summed E-state index contributed by atoms with van der Waals surface area (Å²) < 4.78 is 13.0. The van der Waals surface area contributed by atoms with Crippen molar-refractivity contribution in [3.05, 3.63) is 46.5 Å². The van der Waals surface area contributed by atoms with Gasteiger partial charge in [-0.2, -0.15) is 0 Å². The molecular formula is C12H9ClFN3O2. The average Bonchev–Trinajstić information content (AvgIpc) is 2.33. The van der Waals surface area contributed by atoms with E-state index in [4.69, 9.17) is 16.7 Å². The minimum atomic E-state index is -1.25. The van der Waals surface area contributed by atoms with E-state index in [1.165, 1.54) is 18.2 Å². The number of rotatable bonds is 3. The molecular weight excluding hydrogens is 273 g/mol. The molecule has 0 unspecified atom stereocenters. The molecule has 2 rings (SSSR count). The van der Waals surface area contributed by atoms with E-state index < -0.39 is 11.8 Å². The molecule has 0 amide bonds. The molecule has 0 fully saturated rings. The highest BCUT2D eigenvalue weighted by atomic mass is 35.5. The van der Waals surface area contributed by atoms with Gasteiger partial charge in [-0.3, -0.25) is 0 Å². The quantitative estimate of drug-likeness (QED) is 0.904. The third-order valence-corrected chi connectivity index (χ3v) is 2.75. The van der Waals surface area contributed by atoms with Gasteiger partial charge < -0.3 is 10.4 Å². The maximum Gasteiger partial charge on any atom is 0.356 e. The number of hydrogen-bond acceptors (Lipinski definition) is 4. The van der Waals surface area contributed by atoms with Crippen LogP contribution in [-0.2, 0) is 0 Å². The molecule has 1 heterocycles. The van der Waals surface area contributed by atoms with Crippen LogP contribution >= 0.6 is 11.6 Å². The summed E-state index contributed by atoms with van der Waals surface area (Å²) in [5, 5.41) is 11.7. The van der Waals surface area contributed by atoms with Gasteiger partial charge in [-0.05, 0) is 25.1 Å². The lowest BCUT2D eigenvalue weighted by Crippen LogP contribution is -2.08. The van der Waals surface area contributed by atoms with E-state index in [-0.39, 0.29) is 16.7 Å². The van der Waals surface area contributed by atoms with Crippen LogP contribution in [0.1, 0.15) is 16.2 Å². The standard InChI is InChI=1S/C12H9ClFN3O2/c1-6-9(13)10(11(18)19)17-12(15-6)16-8-4-2-3-7(14)5-8/h2-5H,1H3,(H,18,19)(H,15,16,17). The zero-order valence-corrected chi connectivity index (χ0v) is 10.6. The molecule has 2 aromatic rings. The van der Waals surface area contributed by atoms with Crippen LogP contribution in [0.2, 0.25) is 5.02 Å². The lowest BCUT2D eigenvalue weighted by molar-refractivity contribution is 0.0690. The Hall–Kier alpha value is -2.21. The number of carboxylic acid groups (broad SMARTS) is 1. The lowest BCUT2D eigenvalue weighted by atomic mass is 10.3. The molecule has 0 radical (unpaired) electrons. The van der Waals surface area contributed by atoms with Crippen LogP contribution in [0.4, 0.5) is 16.0 Å². The maximum absolute atomic E-state index is 13.0. The second-order valence-electron chi connectivity index (χ2n) is 3.74. The van der Waals surface area contributed by atoms with E-state index in [1.807, 2.05) is 0 Å². The summed E-state index contributed by atoms with van der Waals surface area (Å²) in [6.07, 6.45) is 0. The first kappa shape index (κ1) is 13.2. The SMILES string of the molecule is Cc1nc(Nc2cccc(F)c2)nc(C(=O)O)c1Cl. The Kier molecular flexibility index (Phi) is 3.62. The van der Waals surface area contributed by atoms with Crippen LogP contribution in [0.25, 0.3) is 0 Å². The van der Waals surface area contributed by atoms with Crippen molar-refractivity contribution in [2.75, 3.05) is 5.32 Å². The number of benzene rings is 1. The monoisotopic (exact) mass is 281 g/mol. The molecule has 98 valence electrons. The second-order valence-corrected chi connectivity index (χ2v) is 4.11. The zero-order valence-electron chi connectivity index (χ0n) is 9.82. The lowest BCUT2D eigenvalue weighted by Gasteiger charge is -2.08. The van der Waals surface area contributed by atoms with Crippen molar-refractivity contribution in [3.63, 3.8) is 0 Å². The number of carbonyl (C=O) groups is 1. The molecule has 0 aliphatic rings. The molecule has 0 spiro atoms. The Morgan fingerprint density at radius 2 is 2.16 bits per heavy atom. The summed E-state index contributed by atoms with van der Waals surface area (Å²) in [7, 11) is 0. The van der Waals surface area contributed by atoms with Gasteiger partial charge in [0, 0.05) is 5.69 Å². The average molecular weight is 282 g/mol. The second kappa shape index (κ2) is 5.19. The summed E-state index contributed by atoms with van der Waals surface area (Å²) in [6.45, 7) is 1.56. The van der Waals surface area contributed by atoms with Gasteiger partial charge >= 0.3 is 5.97 Å². The minimum absolute atomic E-state index is 0.0164. The first-order valence-electron chi connectivity index (χ1n) is 5.27. The van der Waals surface area contributed by atoms with Crippen molar-refractivity contribution in [1.82, 2.24) is 9.97 Å². The van der Waals surface area contributed by atoms with Crippen molar-refractivity contribution in [3.8, 4) is 0 Å². The van der Waals surface area contributed by atoms with Gasteiger partial charge in [0.2, 0.25) is 5.95 Å². The molecule has 1 aromatic heterocycles. The highest BCUT2D eigenvalue weighted by Crippen LogP contribution is 2.21. The Bertz CT molecular complexity index is 649. The van der Waals surface area contributed by atoms with Crippen LogP contribution < -0.4 is 5.32 Å². The Balaban J connectivity index is 2.38. The number of aromatic carboxylic acids is 1. The number of aromatic nitrogens is 2. The summed E-state index contributed by atoms with van der Waals surface area (Å²) >= 11 is 5.79. The van der Waals surface area contributed by atoms with Crippen LogP contribution in [0, 0.1) is 12.7 Å². The van der Waals surface area contributed by atoms with Crippen LogP contribution in [0.15, 0.2) is 24.3 Å². The molecule has 0 atom stereocenters. The third-order valence-electron chi connectivity index (χ3n) is 2.30. The molecule has 0 aliphatic heterocycles. The van der Waals surface area contributed by atoms with Gasteiger partial charge in [0.15, 0.2) is 5.69 Å². The van der Waals surface area contributed by atoms with Crippen LogP contribution in [-0.4, -0.2) is 21.0 Å². The first-order chi connectivity index (χ1) is 8.97. The van der Waals surface area contributed by atoms with Crippen LogP contribution in [0.5, 0.6) is 0 Å². The van der Waals surface area contributed by atoms with E-state index >= 15 is 0 Å². The maximum atomic E-state index is 13.0. The molecule has 7 heteroatoms. The number of nitrogens with one attached hydrogen (secondary N) is 1. The fourth-order valence-corrected chi connectivity index (χ4v) is 1.62. The number of carboxylic acids is 1. The first-order valence-corrected chi connectivity index (χ1v) is 5.65. The van der Waals surface area contributed by atoms with Gasteiger partial charge in [0.05, 0.1) is 10.7 Å². The molecule has 2 N–H and O–H groups in total. The summed E-state index contributed by atoms with van der Waals surface area (Å²) in [5.41, 5.74) is 0.444. The number of aryl methyl sites for hydroxylation is 1. The van der Waals surface area contributed by atoms with Gasteiger partial charge in [0.25, 0.3) is 0 Å². The topological polar surface area (TPSA) is 75.1 Å². The van der Waals surface area contributed by atoms with Gasteiger partial charge in [-0.1, -0.05) is 17.7 Å². The van der Waals surface area contributed by atoms with E-state index in [0.717, 1.165) is 0 Å². The minimum Gasteiger partial charge on any atom is -0.476 e. The smallest absolute Gasteiger partial charge is 0.356 e. The highest BCUT2D eigenvalue weighted by molar-refractivity contribution is 6.33.